The summed E-state index contributed by atoms with van der Waals surface area (Å²) in [5.74, 6) is 1.50. The summed E-state index contributed by atoms with van der Waals surface area (Å²) in [5.41, 5.74) is 0. The molecule has 0 aromatic heterocycles. The number of halogens is 1. The van der Waals surface area contributed by atoms with Crippen molar-refractivity contribution in [3.63, 3.8) is 0 Å². The fraction of sp³-hybridized carbons (Fsp3) is 0.882. The molecule has 0 aromatic carbocycles. The highest BCUT2D eigenvalue weighted by atomic mass is 127. The van der Waals surface area contributed by atoms with Crippen LogP contribution in [0.5, 0.6) is 0 Å². The van der Waals surface area contributed by atoms with Gasteiger partial charge in [-0.2, -0.15) is 0 Å². The Morgan fingerprint density at radius 3 is 2.50 bits per heavy atom. The second kappa shape index (κ2) is 10.4. The third kappa shape index (κ3) is 6.38. The van der Waals surface area contributed by atoms with Crippen molar-refractivity contribution in [3.8, 4) is 0 Å². The molecule has 0 spiro atoms. The molecule has 24 heavy (non-hydrogen) atoms. The standard InChI is InChI=1S/C17H33N5O.HI/c1-14(2)11-18-17(19-12-16(23)20(3)4)22-10-7-15(13-22)21-8-5-6-9-21;/h14-15H,5-13H2,1-4H3,(H,18,19);1H. The van der Waals surface area contributed by atoms with Crippen molar-refractivity contribution in [3.05, 3.63) is 0 Å². The lowest BCUT2D eigenvalue weighted by molar-refractivity contribution is -0.127. The number of hydrogen-bond donors (Lipinski definition) is 1. The molecule has 1 unspecified atom stereocenters. The molecule has 0 radical (unpaired) electrons. The van der Waals surface area contributed by atoms with E-state index in [1.165, 1.54) is 32.4 Å². The number of aliphatic imine (C=N–C) groups is 1. The minimum atomic E-state index is 0. The Balaban J connectivity index is 0.00000288. The van der Waals surface area contributed by atoms with Crippen LogP contribution in [-0.4, -0.2) is 86.0 Å². The summed E-state index contributed by atoms with van der Waals surface area (Å²) in [6, 6.07) is 0.646. The van der Waals surface area contributed by atoms with Crippen molar-refractivity contribution < 1.29 is 4.79 Å². The molecule has 7 heteroatoms. The molecule has 0 bridgehead atoms. The van der Waals surface area contributed by atoms with Crippen LogP contribution in [-0.2, 0) is 4.79 Å². The number of amides is 1. The Hall–Kier alpha value is -0.570. The molecule has 6 nitrogen and oxygen atoms in total. The Labute approximate surface area is 164 Å². The Bertz CT molecular complexity index is 421. The van der Waals surface area contributed by atoms with Gasteiger partial charge in [-0.15, -0.1) is 24.0 Å². The van der Waals surface area contributed by atoms with E-state index >= 15 is 0 Å². The molecular weight excluding hydrogens is 417 g/mol. The maximum absolute atomic E-state index is 11.8. The Morgan fingerprint density at radius 2 is 1.92 bits per heavy atom. The predicted octanol–water partition coefficient (Wildman–Crippen LogP) is 1.46. The first-order valence-electron chi connectivity index (χ1n) is 8.95. The van der Waals surface area contributed by atoms with E-state index < -0.39 is 0 Å². The molecule has 1 atom stereocenters. The minimum absolute atomic E-state index is 0. The van der Waals surface area contributed by atoms with E-state index in [0.29, 0.717) is 12.0 Å². The maximum atomic E-state index is 11.8. The van der Waals surface area contributed by atoms with Crippen LogP contribution in [0, 0.1) is 5.92 Å². The lowest BCUT2D eigenvalue weighted by atomic mass is 10.2. The lowest BCUT2D eigenvalue weighted by Gasteiger charge is -2.26. The van der Waals surface area contributed by atoms with Crippen molar-refractivity contribution in [2.24, 2.45) is 10.9 Å². The number of hydrogen-bond acceptors (Lipinski definition) is 3. The van der Waals surface area contributed by atoms with Gasteiger partial charge in [-0.25, -0.2) is 4.99 Å². The van der Waals surface area contributed by atoms with Crippen LogP contribution < -0.4 is 5.32 Å². The van der Waals surface area contributed by atoms with E-state index in [-0.39, 0.29) is 36.4 Å². The highest BCUT2D eigenvalue weighted by Gasteiger charge is 2.30. The van der Waals surface area contributed by atoms with Gasteiger partial charge in [0.15, 0.2) is 5.96 Å². The average Bonchev–Trinajstić information content (AvgIpc) is 3.17. The highest BCUT2D eigenvalue weighted by molar-refractivity contribution is 14.0. The number of carbonyl (C=O) groups is 1. The number of nitrogens with one attached hydrogen (secondary N) is 1. The zero-order valence-electron chi connectivity index (χ0n) is 15.6. The molecule has 1 amide bonds. The number of carbonyl (C=O) groups excluding carboxylic acids is 1. The summed E-state index contributed by atoms with van der Waals surface area (Å²) in [6.45, 7) is 10.0. The SMILES string of the molecule is CC(C)CNC(=NCC(=O)N(C)C)N1CCC(N2CCCC2)C1.I. The number of guanidine groups is 1. The van der Waals surface area contributed by atoms with Crippen LogP contribution in [0.4, 0.5) is 0 Å². The van der Waals surface area contributed by atoms with Crippen LogP contribution in [0.15, 0.2) is 4.99 Å². The van der Waals surface area contributed by atoms with Crippen molar-refractivity contribution in [1.82, 2.24) is 20.0 Å². The smallest absolute Gasteiger partial charge is 0.243 e. The fourth-order valence-electron chi connectivity index (χ4n) is 3.19. The van der Waals surface area contributed by atoms with Gasteiger partial charge in [0.05, 0.1) is 0 Å². The first kappa shape index (κ1) is 21.5. The molecule has 1 N–H and O–H groups in total. The van der Waals surface area contributed by atoms with Crippen LogP contribution in [0.1, 0.15) is 33.1 Å². The minimum Gasteiger partial charge on any atom is -0.356 e. The van der Waals surface area contributed by atoms with Crippen molar-refractivity contribution >= 4 is 35.8 Å². The van der Waals surface area contributed by atoms with Crippen LogP contribution in [0.3, 0.4) is 0 Å². The third-order valence-electron chi connectivity index (χ3n) is 4.65. The zero-order chi connectivity index (χ0) is 16.8. The molecule has 2 aliphatic rings. The monoisotopic (exact) mass is 451 g/mol. The van der Waals surface area contributed by atoms with Gasteiger partial charge in [-0.3, -0.25) is 9.69 Å². The summed E-state index contributed by atoms with van der Waals surface area (Å²) in [4.78, 5) is 23.0. The van der Waals surface area contributed by atoms with Gasteiger partial charge >= 0.3 is 0 Å². The molecule has 0 saturated carbocycles. The van der Waals surface area contributed by atoms with Crippen LogP contribution >= 0.6 is 24.0 Å². The summed E-state index contributed by atoms with van der Waals surface area (Å²) in [7, 11) is 3.55. The lowest BCUT2D eigenvalue weighted by Crippen LogP contribution is -2.44. The molecule has 2 rings (SSSR count). The number of likely N-dealkylation sites (tertiary alicyclic amines) is 2. The largest absolute Gasteiger partial charge is 0.356 e. The van der Waals surface area contributed by atoms with Crippen LogP contribution in [0.2, 0.25) is 0 Å². The van der Waals surface area contributed by atoms with Gasteiger partial charge in [0.2, 0.25) is 5.91 Å². The molecule has 2 heterocycles. The molecule has 2 fully saturated rings. The highest BCUT2D eigenvalue weighted by Crippen LogP contribution is 2.20. The maximum Gasteiger partial charge on any atom is 0.243 e. The second-order valence-electron chi connectivity index (χ2n) is 7.33. The van der Waals surface area contributed by atoms with E-state index in [4.69, 9.17) is 0 Å². The zero-order valence-corrected chi connectivity index (χ0v) is 18.0. The van der Waals surface area contributed by atoms with Crippen LogP contribution in [0.25, 0.3) is 0 Å². The topological polar surface area (TPSA) is 51.2 Å². The van der Waals surface area contributed by atoms with E-state index in [1.54, 1.807) is 19.0 Å². The molecular formula is C17H34IN5O. The molecule has 0 aromatic rings. The molecule has 140 valence electrons. The van der Waals surface area contributed by atoms with E-state index in [0.717, 1.165) is 25.6 Å². The van der Waals surface area contributed by atoms with Gasteiger partial charge in [0.25, 0.3) is 0 Å². The van der Waals surface area contributed by atoms with Gasteiger partial charge in [-0.05, 0) is 38.3 Å². The molecule has 0 aliphatic carbocycles. The summed E-state index contributed by atoms with van der Waals surface area (Å²) in [5, 5.41) is 3.45. The van der Waals surface area contributed by atoms with Gasteiger partial charge in [-0.1, -0.05) is 13.8 Å². The average molecular weight is 451 g/mol. The number of nitrogens with zero attached hydrogens (tertiary/aromatic N) is 4. The van der Waals surface area contributed by atoms with Crippen molar-refractivity contribution in [2.45, 2.75) is 39.2 Å². The van der Waals surface area contributed by atoms with Gasteiger partial charge in [0.1, 0.15) is 6.54 Å². The first-order chi connectivity index (χ1) is 11.0. The molecule has 2 aliphatic heterocycles. The quantitative estimate of drug-likeness (QED) is 0.391. The van der Waals surface area contributed by atoms with E-state index in [9.17, 15) is 4.79 Å². The van der Waals surface area contributed by atoms with Gasteiger partial charge in [0, 0.05) is 39.8 Å². The number of likely N-dealkylation sites (N-methyl/N-ethyl adjacent to an activating group) is 1. The Kier molecular flexibility index (Phi) is 9.33. The second-order valence-corrected chi connectivity index (χ2v) is 7.33. The first-order valence-corrected chi connectivity index (χ1v) is 8.95. The van der Waals surface area contributed by atoms with Crippen molar-refractivity contribution in [1.29, 1.82) is 0 Å². The third-order valence-corrected chi connectivity index (χ3v) is 4.65. The summed E-state index contributed by atoms with van der Waals surface area (Å²) >= 11 is 0. The van der Waals surface area contributed by atoms with E-state index in [2.05, 4.69) is 34.0 Å². The number of rotatable bonds is 5. The summed E-state index contributed by atoms with van der Waals surface area (Å²) < 4.78 is 0. The fourth-order valence-corrected chi connectivity index (χ4v) is 3.19. The van der Waals surface area contributed by atoms with Crippen molar-refractivity contribution in [2.75, 3.05) is 53.4 Å². The molecule has 2 saturated heterocycles. The normalized spacial score (nSPS) is 22.0. The van der Waals surface area contributed by atoms with Gasteiger partial charge < -0.3 is 15.1 Å². The Morgan fingerprint density at radius 1 is 1.25 bits per heavy atom. The summed E-state index contributed by atoms with van der Waals surface area (Å²) in [6.07, 6.45) is 3.87. The predicted molar refractivity (Wildman–Crippen MR) is 110 cm³/mol. The van der Waals surface area contributed by atoms with E-state index in [1.807, 2.05) is 0 Å².